The SMILES string of the molecule is CC(C)c1ccccc1.O=[N+]([O-])O. The summed E-state index contributed by atoms with van der Waals surface area (Å²) < 4.78 is 0. The fraction of sp³-hybridized carbons (Fsp3) is 0.333. The molecule has 1 aromatic carbocycles. The summed E-state index contributed by atoms with van der Waals surface area (Å²) in [6, 6.07) is 10.5. The molecule has 1 N–H and O–H groups in total. The smallest absolute Gasteiger partial charge is 0.291 e. The molecule has 13 heavy (non-hydrogen) atoms. The first-order chi connectivity index (χ1) is 6.04. The van der Waals surface area contributed by atoms with Gasteiger partial charge in [0.25, 0.3) is 5.09 Å². The first-order valence-electron chi connectivity index (χ1n) is 3.92. The van der Waals surface area contributed by atoms with Crippen molar-refractivity contribution in [1.29, 1.82) is 0 Å². The molecule has 0 radical (unpaired) electrons. The molecule has 0 spiro atoms. The Labute approximate surface area is 76.9 Å². The summed E-state index contributed by atoms with van der Waals surface area (Å²) in [7, 11) is 0. The number of nitrogens with zero attached hydrogens (tertiary/aromatic N) is 1. The lowest BCUT2D eigenvalue weighted by Gasteiger charge is -2.01. The van der Waals surface area contributed by atoms with Crippen LogP contribution in [0.25, 0.3) is 0 Å². The van der Waals surface area contributed by atoms with Gasteiger partial charge in [0.2, 0.25) is 0 Å². The lowest BCUT2D eigenvalue weighted by Crippen LogP contribution is -1.83. The van der Waals surface area contributed by atoms with Crippen LogP contribution < -0.4 is 0 Å². The lowest BCUT2D eigenvalue weighted by molar-refractivity contribution is -0.742. The van der Waals surface area contributed by atoms with Gasteiger partial charge in [0.15, 0.2) is 0 Å². The van der Waals surface area contributed by atoms with E-state index in [1.165, 1.54) is 5.56 Å². The van der Waals surface area contributed by atoms with Gasteiger partial charge < -0.3 is 5.21 Å². The highest BCUT2D eigenvalue weighted by Crippen LogP contribution is 2.11. The Morgan fingerprint density at radius 1 is 1.31 bits per heavy atom. The fourth-order valence-electron chi connectivity index (χ4n) is 0.838. The van der Waals surface area contributed by atoms with Crippen molar-refractivity contribution in [3.8, 4) is 0 Å². The average Bonchev–Trinajstić information content (AvgIpc) is 2.05. The van der Waals surface area contributed by atoms with Crippen molar-refractivity contribution in [2.45, 2.75) is 19.8 Å². The Kier molecular flexibility index (Phi) is 5.27. The molecule has 0 aliphatic carbocycles. The third kappa shape index (κ3) is 6.80. The molecule has 1 aromatic rings. The minimum Gasteiger partial charge on any atom is -0.328 e. The van der Waals surface area contributed by atoms with Crippen LogP contribution in [0, 0.1) is 10.1 Å². The zero-order valence-corrected chi connectivity index (χ0v) is 7.68. The molecule has 0 aliphatic heterocycles. The summed E-state index contributed by atoms with van der Waals surface area (Å²) in [5.74, 6) is 0.659. The highest BCUT2D eigenvalue weighted by molar-refractivity contribution is 5.17. The van der Waals surface area contributed by atoms with E-state index in [9.17, 15) is 0 Å². The molecule has 0 fully saturated rings. The summed E-state index contributed by atoms with van der Waals surface area (Å²) in [4.78, 5) is 8.36. The van der Waals surface area contributed by atoms with Gasteiger partial charge in [-0.2, -0.15) is 0 Å². The quantitative estimate of drug-likeness (QED) is 0.537. The molecule has 0 aromatic heterocycles. The van der Waals surface area contributed by atoms with E-state index in [1.807, 2.05) is 6.07 Å². The first-order valence-corrected chi connectivity index (χ1v) is 3.92. The van der Waals surface area contributed by atoms with Crippen molar-refractivity contribution in [3.63, 3.8) is 0 Å². The van der Waals surface area contributed by atoms with Crippen molar-refractivity contribution in [2.75, 3.05) is 0 Å². The van der Waals surface area contributed by atoms with Gasteiger partial charge in [0, 0.05) is 0 Å². The Hall–Kier alpha value is -1.58. The van der Waals surface area contributed by atoms with Gasteiger partial charge in [-0.3, -0.25) is 0 Å². The van der Waals surface area contributed by atoms with Gasteiger partial charge in [-0.05, 0) is 11.5 Å². The molecule has 0 atom stereocenters. The number of hydrogen-bond acceptors (Lipinski definition) is 2. The summed E-state index contributed by atoms with van der Waals surface area (Å²) in [5, 5.41) is 13.6. The molecule has 4 heteroatoms. The number of rotatable bonds is 1. The maximum Gasteiger partial charge on any atom is 0.291 e. The van der Waals surface area contributed by atoms with E-state index in [4.69, 9.17) is 15.3 Å². The summed E-state index contributed by atoms with van der Waals surface area (Å²) in [6.07, 6.45) is 0. The molecule has 4 nitrogen and oxygen atoms in total. The van der Waals surface area contributed by atoms with Crippen LogP contribution in [0.4, 0.5) is 0 Å². The molecule has 0 aliphatic rings. The Morgan fingerprint density at radius 2 is 1.69 bits per heavy atom. The molecule has 0 unspecified atom stereocenters. The molecule has 72 valence electrons. The Balaban J connectivity index is 0.000000310. The van der Waals surface area contributed by atoms with Crippen LogP contribution in [0.3, 0.4) is 0 Å². The van der Waals surface area contributed by atoms with Gasteiger partial charge in [-0.1, -0.05) is 44.2 Å². The van der Waals surface area contributed by atoms with Crippen LogP contribution in [0.1, 0.15) is 25.3 Å². The Bertz CT molecular complexity index is 242. The molecule has 0 bridgehead atoms. The van der Waals surface area contributed by atoms with Gasteiger partial charge in [-0.25, -0.2) is 0 Å². The van der Waals surface area contributed by atoms with Crippen molar-refractivity contribution in [3.05, 3.63) is 46.0 Å². The van der Waals surface area contributed by atoms with Gasteiger partial charge >= 0.3 is 0 Å². The molecule has 0 amide bonds. The maximum absolute atomic E-state index is 8.36. The third-order valence-electron chi connectivity index (χ3n) is 1.47. The van der Waals surface area contributed by atoms with E-state index in [2.05, 4.69) is 38.1 Å². The summed E-state index contributed by atoms with van der Waals surface area (Å²) >= 11 is 0. The zero-order valence-electron chi connectivity index (χ0n) is 7.68. The lowest BCUT2D eigenvalue weighted by atomic mass is 10.0. The predicted molar refractivity (Wildman–Crippen MR) is 49.3 cm³/mol. The van der Waals surface area contributed by atoms with Crippen molar-refractivity contribution in [1.82, 2.24) is 0 Å². The number of hydrogen-bond donors (Lipinski definition) is 1. The highest BCUT2D eigenvalue weighted by Gasteiger charge is 1.93. The van der Waals surface area contributed by atoms with E-state index >= 15 is 0 Å². The van der Waals surface area contributed by atoms with Crippen molar-refractivity contribution in [2.24, 2.45) is 0 Å². The zero-order chi connectivity index (χ0) is 10.3. The minimum absolute atomic E-state index is 0.659. The molecule has 0 saturated carbocycles. The number of benzene rings is 1. The van der Waals surface area contributed by atoms with Crippen LogP contribution >= 0.6 is 0 Å². The van der Waals surface area contributed by atoms with Crippen LogP contribution in [0.5, 0.6) is 0 Å². The second-order valence-corrected chi connectivity index (χ2v) is 2.80. The standard InChI is InChI=1S/C9H12.HNO3/c1-8(2)9-6-4-3-5-7-9;2-1(3)4/h3-8H,1-2H3;(H,2,3,4). The molecule has 0 heterocycles. The van der Waals surface area contributed by atoms with Crippen molar-refractivity contribution < 1.29 is 10.3 Å². The van der Waals surface area contributed by atoms with Gasteiger partial charge in [0.1, 0.15) is 0 Å². The predicted octanol–water partition coefficient (Wildman–Crippen LogP) is 2.46. The largest absolute Gasteiger partial charge is 0.328 e. The second-order valence-electron chi connectivity index (χ2n) is 2.80. The van der Waals surface area contributed by atoms with E-state index in [0.29, 0.717) is 5.92 Å². The molecule has 0 saturated heterocycles. The molecular formula is C9H13NO3. The monoisotopic (exact) mass is 183 g/mol. The normalized spacial score (nSPS) is 8.85. The van der Waals surface area contributed by atoms with Crippen LogP contribution in [-0.2, 0) is 0 Å². The van der Waals surface area contributed by atoms with E-state index in [1.54, 1.807) is 0 Å². The van der Waals surface area contributed by atoms with E-state index < -0.39 is 5.09 Å². The topological polar surface area (TPSA) is 63.4 Å². The molecular weight excluding hydrogens is 170 g/mol. The summed E-state index contributed by atoms with van der Waals surface area (Å²) in [5.41, 5.74) is 1.41. The fourth-order valence-corrected chi connectivity index (χ4v) is 0.838. The maximum atomic E-state index is 8.36. The second kappa shape index (κ2) is 5.99. The van der Waals surface area contributed by atoms with Crippen LogP contribution in [0.15, 0.2) is 30.3 Å². The summed E-state index contributed by atoms with van der Waals surface area (Å²) in [6.45, 7) is 4.41. The average molecular weight is 183 g/mol. The van der Waals surface area contributed by atoms with Crippen molar-refractivity contribution >= 4 is 0 Å². The van der Waals surface area contributed by atoms with Gasteiger partial charge in [0.05, 0.1) is 0 Å². The van der Waals surface area contributed by atoms with E-state index in [-0.39, 0.29) is 0 Å². The Morgan fingerprint density at radius 3 is 1.92 bits per heavy atom. The van der Waals surface area contributed by atoms with E-state index in [0.717, 1.165) is 0 Å². The van der Waals surface area contributed by atoms with Crippen LogP contribution in [-0.4, -0.2) is 10.3 Å². The minimum atomic E-state index is -1.50. The third-order valence-corrected chi connectivity index (χ3v) is 1.47. The highest BCUT2D eigenvalue weighted by atomic mass is 16.9. The first kappa shape index (κ1) is 11.4. The molecule has 1 rings (SSSR count). The van der Waals surface area contributed by atoms with Crippen LogP contribution in [0.2, 0.25) is 0 Å². The van der Waals surface area contributed by atoms with Gasteiger partial charge in [-0.15, -0.1) is 10.1 Å².